The number of benzene rings is 1. The molecular formula is C40H47N9O9S. The number of carbonyl (C=O) groups is 2. The zero-order valence-corrected chi connectivity index (χ0v) is 33.5. The summed E-state index contributed by atoms with van der Waals surface area (Å²) in [6.45, 7) is 4.82. The molecule has 2 amide bonds. The largest absolute Gasteiger partial charge is 0.484 e. The summed E-state index contributed by atoms with van der Waals surface area (Å²) in [5.74, 6) is 0.295. The average molecular weight is 830 g/mol. The number of nitrogens with one attached hydrogen (secondary N) is 3. The van der Waals surface area contributed by atoms with Crippen LogP contribution in [0.2, 0.25) is 0 Å². The Balaban J connectivity index is 0.739. The van der Waals surface area contributed by atoms with Crippen molar-refractivity contribution in [3.05, 3.63) is 96.9 Å². The summed E-state index contributed by atoms with van der Waals surface area (Å²) in [5, 5.41) is 8.21. The first-order valence-electron chi connectivity index (χ1n) is 19.6. The molecule has 1 unspecified atom stereocenters. The third-order valence-corrected chi connectivity index (χ3v) is 11.1. The van der Waals surface area contributed by atoms with Gasteiger partial charge >= 0.3 is 11.4 Å². The number of aromatic amines is 1. The van der Waals surface area contributed by atoms with Crippen LogP contribution in [-0.2, 0) is 32.7 Å². The van der Waals surface area contributed by atoms with Gasteiger partial charge in [0.05, 0.1) is 47.9 Å². The van der Waals surface area contributed by atoms with Gasteiger partial charge in [0.1, 0.15) is 17.6 Å². The van der Waals surface area contributed by atoms with E-state index in [1.165, 1.54) is 34.7 Å². The number of aryl methyl sites for hydroxylation is 1. The van der Waals surface area contributed by atoms with E-state index in [0.717, 1.165) is 47.9 Å². The van der Waals surface area contributed by atoms with E-state index < -0.39 is 17.4 Å². The zero-order valence-electron chi connectivity index (χ0n) is 32.7. The van der Waals surface area contributed by atoms with Gasteiger partial charge in [0.2, 0.25) is 11.9 Å². The maximum absolute atomic E-state index is 13.0. The predicted octanol–water partition coefficient (Wildman–Crippen LogP) is 2.10. The van der Waals surface area contributed by atoms with Gasteiger partial charge in [-0.3, -0.25) is 23.9 Å². The Bertz CT molecular complexity index is 2380. The van der Waals surface area contributed by atoms with E-state index >= 15 is 0 Å². The monoisotopic (exact) mass is 829 g/mol. The van der Waals surface area contributed by atoms with Crippen LogP contribution >= 0.6 is 11.3 Å². The molecule has 2 aliphatic heterocycles. The number of fused-ring (bicyclic) bond motifs is 1. The molecule has 0 spiro atoms. The first-order valence-corrected chi connectivity index (χ1v) is 20.5. The van der Waals surface area contributed by atoms with Crippen molar-refractivity contribution in [2.75, 3.05) is 71.1 Å². The van der Waals surface area contributed by atoms with Gasteiger partial charge < -0.3 is 39.1 Å². The minimum absolute atomic E-state index is 0.129. The van der Waals surface area contributed by atoms with Crippen LogP contribution in [0.5, 0.6) is 5.75 Å². The number of nitrogens with zero attached hydrogens (tertiary/aromatic N) is 6. The minimum atomic E-state index is -0.800. The van der Waals surface area contributed by atoms with Crippen LogP contribution in [0.15, 0.2) is 73.0 Å². The fraction of sp³-hybridized carbons (Fsp3) is 0.450. The number of piperidine rings is 1. The molecule has 2 saturated heterocycles. The van der Waals surface area contributed by atoms with Crippen molar-refractivity contribution in [3.63, 3.8) is 0 Å². The van der Waals surface area contributed by atoms with Crippen LogP contribution in [0.3, 0.4) is 0 Å². The molecule has 0 bridgehead atoms. The van der Waals surface area contributed by atoms with Crippen molar-refractivity contribution in [2.45, 2.75) is 44.2 Å². The van der Waals surface area contributed by atoms with Crippen molar-refractivity contribution in [2.24, 2.45) is 7.05 Å². The number of ether oxygens (including phenoxy) is 3. The number of aromatic nitrogens is 5. The first-order chi connectivity index (χ1) is 28.7. The minimum Gasteiger partial charge on any atom is -0.484 e. The summed E-state index contributed by atoms with van der Waals surface area (Å²) < 4.78 is 22.8. The molecule has 7 rings (SSSR count). The maximum atomic E-state index is 13.0. The topological polar surface area (TPSA) is 216 Å². The predicted molar refractivity (Wildman–Crippen MR) is 219 cm³/mol. The first kappa shape index (κ1) is 41.4. The van der Waals surface area contributed by atoms with E-state index in [2.05, 4.69) is 34.9 Å². The second-order valence-corrected chi connectivity index (χ2v) is 15.3. The number of hydrogen-bond donors (Lipinski definition) is 3. The highest BCUT2D eigenvalue weighted by molar-refractivity contribution is 7.13. The van der Waals surface area contributed by atoms with Crippen LogP contribution in [0.1, 0.15) is 43.0 Å². The number of rotatable bonds is 18. The van der Waals surface area contributed by atoms with Crippen molar-refractivity contribution in [3.8, 4) is 16.3 Å². The van der Waals surface area contributed by atoms with Gasteiger partial charge in [0, 0.05) is 75.8 Å². The second-order valence-electron chi connectivity index (χ2n) is 14.4. The van der Waals surface area contributed by atoms with E-state index in [4.69, 9.17) is 19.2 Å². The summed E-state index contributed by atoms with van der Waals surface area (Å²) in [5.41, 5.74) is 1.16. The van der Waals surface area contributed by atoms with E-state index in [1.807, 2.05) is 29.9 Å². The molecule has 2 atom stereocenters. The summed E-state index contributed by atoms with van der Waals surface area (Å²) in [6, 6.07) is 9.38. The molecule has 6 heterocycles. The molecule has 2 fully saturated rings. The molecule has 19 heteroatoms. The smallest absolute Gasteiger partial charge is 0.422 e. The van der Waals surface area contributed by atoms with E-state index in [1.54, 1.807) is 17.4 Å². The van der Waals surface area contributed by atoms with E-state index in [0.29, 0.717) is 69.5 Å². The number of thiophene rings is 1. The SMILES string of the molecule is Cn1c(=O)oc(=O)c2ccc(OCC(=O)N3CCC[C@H]3C(=O)NCCOCCOCCNc3ncc(CN4CCCC(c5nc(-c6cccs6)cc(=O)[nH]5)C4)cn3)cc21. The van der Waals surface area contributed by atoms with Crippen molar-refractivity contribution >= 4 is 40.0 Å². The number of likely N-dealkylation sites (tertiary alicyclic amines) is 2. The van der Waals surface area contributed by atoms with Gasteiger partial charge in [-0.05, 0) is 55.8 Å². The quantitative estimate of drug-likeness (QED) is 0.108. The molecule has 5 aromatic rings. The zero-order chi connectivity index (χ0) is 41.1. The van der Waals surface area contributed by atoms with E-state index in [9.17, 15) is 24.0 Å². The van der Waals surface area contributed by atoms with Crippen molar-refractivity contribution < 1.29 is 28.2 Å². The lowest BCUT2D eigenvalue weighted by Gasteiger charge is -2.32. The summed E-state index contributed by atoms with van der Waals surface area (Å²) in [6.07, 6.45) is 6.85. The lowest BCUT2D eigenvalue weighted by molar-refractivity contribution is -0.140. The third kappa shape index (κ3) is 10.8. The van der Waals surface area contributed by atoms with Gasteiger partial charge in [-0.2, -0.15) is 0 Å². The molecule has 0 saturated carbocycles. The number of amides is 2. The van der Waals surface area contributed by atoms with Crippen LogP contribution in [0.25, 0.3) is 21.5 Å². The summed E-state index contributed by atoms with van der Waals surface area (Å²) in [7, 11) is 1.47. The van der Waals surface area contributed by atoms with Crippen molar-refractivity contribution in [1.29, 1.82) is 0 Å². The average Bonchev–Trinajstić information content (AvgIpc) is 3.97. The fourth-order valence-corrected chi connectivity index (χ4v) is 7.95. The molecule has 4 aromatic heterocycles. The van der Waals surface area contributed by atoms with E-state index in [-0.39, 0.29) is 48.4 Å². The molecule has 3 N–H and O–H groups in total. The van der Waals surface area contributed by atoms with Crippen LogP contribution in [-0.4, -0.2) is 118 Å². The number of anilines is 1. The maximum Gasteiger partial charge on any atom is 0.422 e. The molecule has 2 aliphatic rings. The number of H-pyrrole nitrogens is 1. The Hall–Kier alpha value is -5.76. The Morgan fingerprint density at radius 2 is 1.78 bits per heavy atom. The number of hydrogen-bond acceptors (Lipinski definition) is 15. The van der Waals surface area contributed by atoms with Crippen LogP contribution in [0, 0.1) is 0 Å². The Morgan fingerprint density at radius 3 is 2.58 bits per heavy atom. The lowest BCUT2D eigenvalue weighted by atomic mass is 9.96. The van der Waals surface area contributed by atoms with Crippen LogP contribution in [0.4, 0.5) is 5.95 Å². The molecule has 1 aromatic carbocycles. The Morgan fingerprint density at radius 1 is 0.983 bits per heavy atom. The number of carbonyl (C=O) groups excluding carboxylic acids is 2. The summed E-state index contributed by atoms with van der Waals surface area (Å²) in [4.78, 5) is 83.6. The molecule has 59 heavy (non-hydrogen) atoms. The second kappa shape index (κ2) is 19.8. The molecule has 18 nitrogen and oxygen atoms in total. The van der Waals surface area contributed by atoms with Gasteiger partial charge in [0.25, 0.3) is 11.5 Å². The van der Waals surface area contributed by atoms with Crippen molar-refractivity contribution in [1.82, 2.24) is 39.6 Å². The highest BCUT2D eigenvalue weighted by atomic mass is 32.1. The molecule has 0 aliphatic carbocycles. The third-order valence-electron chi connectivity index (χ3n) is 10.2. The van der Waals surface area contributed by atoms with Gasteiger partial charge in [0.15, 0.2) is 6.61 Å². The lowest BCUT2D eigenvalue weighted by Crippen LogP contribution is -2.48. The van der Waals surface area contributed by atoms with Crippen LogP contribution < -0.4 is 32.3 Å². The molecule has 0 radical (unpaired) electrons. The Kier molecular flexibility index (Phi) is 13.9. The fourth-order valence-electron chi connectivity index (χ4n) is 7.27. The standard InChI is InChI=1S/C40H47N9O9S/c1-47-32-19-28(8-9-29(32)38(53)58-40(47)54)57-25-35(51)49-13-3-6-31(49)37(52)41-10-14-55-16-17-56-15-11-42-39-43-21-26(22-44-39)23-48-12-2-5-27(24-48)36-45-30(20-34(50)46-36)33-7-4-18-59-33/h4,7-9,18-22,27,31H,2-3,5-6,10-17,23-25H2,1H3,(H,41,52)(H,42,43,44)(H,45,46,50)/t27?,31-/m0/s1. The normalized spacial score (nSPS) is 17.0. The van der Waals surface area contributed by atoms with Gasteiger partial charge in [-0.15, -0.1) is 11.3 Å². The van der Waals surface area contributed by atoms with Gasteiger partial charge in [-0.1, -0.05) is 6.07 Å². The highest BCUT2D eigenvalue weighted by Gasteiger charge is 2.34. The van der Waals surface area contributed by atoms with Gasteiger partial charge in [-0.25, -0.2) is 24.5 Å². The molecule has 312 valence electrons. The Labute approximate surface area is 342 Å². The molecular weight excluding hydrogens is 783 g/mol. The summed E-state index contributed by atoms with van der Waals surface area (Å²) >= 11 is 1.57. The highest BCUT2D eigenvalue weighted by Crippen LogP contribution is 2.28.